The van der Waals surface area contributed by atoms with Crippen molar-refractivity contribution in [3.8, 4) is 0 Å². The van der Waals surface area contributed by atoms with Crippen LogP contribution in [-0.4, -0.2) is 36.6 Å². The van der Waals surface area contributed by atoms with Gasteiger partial charge in [-0.3, -0.25) is 4.90 Å². The SMILES string of the molecule is C=CCNC(=O)Nc1cccc(N2CCCN(Cc3ccc(C(C)C)cc3)C2=O)c1. The van der Waals surface area contributed by atoms with E-state index in [0.717, 1.165) is 24.2 Å². The molecule has 0 unspecified atom stereocenters. The Morgan fingerprint density at radius 3 is 2.63 bits per heavy atom. The molecule has 0 atom stereocenters. The van der Waals surface area contributed by atoms with Crippen LogP contribution in [0.3, 0.4) is 0 Å². The summed E-state index contributed by atoms with van der Waals surface area (Å²) >= 11 is 0. The molecular weight excluding hydrogens is 376 g/mol. The van der Waals surface area contributed by atoms with Crippen molar-refractivity contribution in [1.82, 2.24) is 10.2 Å². The van der Waals surface area contributed by atoms with E-state index < -0.39 is 0 Å². The van der Waals surface area contributed by atoms with Gasteiger partial charge in [0.05, 0.1) is 0 Å². The zero-order chi connectivity index (χ0) is 21.5. The van der Waals surface area contributed by atoms with Crippen molar-refractivity contribution in [2.24, 2.45) is 0 Å². The van der Waals surface area contributed by atoms with Gasteiger partial charge >= 0.3 is 12.1 Å². The van der Waals surface area contributed by atoms with Gasteiger partial charge in [-0.05, 0) is 41.7 Å². The lowest BCUT2D eigenvalue weighted by molar-refractivity contribution is 0.192. The molecule has 0 spiro atoms. The molecule has 6 heteroatoms. The lowest BCUT2D eigenvalue weighted by Crippen LogP contribution is -2.49. The Hall–Kier alpha value is -3.28. The van der Waals surface area contributed by atoms with E-state index in [-0.39, 0.29) is 12.1 Å². The number of anilines is 2. The number of carbonyl (C=O) groups is 2. The van der Waals surface area contributed by atoms with Crippen LogP contribution in [0.4, 0.5) is 21.0 Å². The molecule has 6 nitrogen and oxygen atoms in total. The molecule has 3 rings (SSSR count). The minimum Gasteiger partial charge on any atom is -0.334 e. The highest BCUT2D eigenvalue weighted by molar-refractivity contribution is 5.95. The van der Waals surface area contributed by atoms with Gasteiger partial charge in [0.2, 0.25) is 0 Å². The monoisotopic (exact) mass is 406 g/mol. The Morgan fingerprint density at radius 2 is 1.93 bits per heavy atom. The molecule has 0 aliphatic carbocycles. The normalized spacial score (nSPS) is 14.0. The summed E-state index contributed by atoms with van der Waals surface area (Å²) in [5, 5.41) is 5.46. The fourth-order valence-corrected chi connectivity index (χ4v) is 3.49. The molecule has 4 amide bonds. The van der Waals surface area contributed by atoms with Gasteiger partial charge in [-0.15, -0.1) is 6.58 Å². The first-order valence-corrected chi connectivity index (χ1v) is 10.4. The van der Waals surface area contributed by atoms with Gasteiger partial charge < -0.3 is 15.5 Å². The third-order valence-corrected chi connectivity index (χ3v) is 5.15. The van der Waals surface area contributed by atoms with E-state index >= 15 is 0 Å². The molecule has 0 bridgehead atoms. The van der Waals surface area contributed by atoms with E-state index in [1.807, 2.05) is 23.1 Å². The summed E-state index contributed by atoms with van der Waals surface area (Å²) < 4.78 is 0. The molecule has 158 valence electrons. The van der Waals surface area contributed by atoms with E-state index in [1.54, 1.807) is 17.0 Å². The first-order valence-electron chi connectivity index (χ1n) is 10.4. The predicted octanol–water partition coefficient (Wildman–Crippen LogP) is 4.95. The van der Waals surface area contributed by atoms with Gasteiger partial charge in [0.25, 0.3) is 0 Å². The van der Waals surface area contributed by atoms with Gasteiger partial charge in [0, 0.05) is 37.6 Å². The highest BCUT2D eigenvalue weighted by Gasteiger charge is 2.27. The lowest BCUT2D eigenvalue weighted by Gasteiger charge is -2.36. The Balaban J connectivity index is 1.68. The van der Waals surface area contributed by atoms with E-state index in [9.17, 15) is 9.59 Å². The highest BCUT2D eigenvalue weighted by Crippen LogP contribution is 2.25. The van der Waals surface area contributed by atoms with Crippen molar-refractivity contribution >= 4 is 23.4 Å². The third kappa shape index (κ3) is 5.41. The Labute approximate surface area is 178 Å². The van der Waals surface area contributed by atoms with Crippen LogP contribution in [0.15, 0.2) is 61.2 Å². The number of hydrogen-bond acceptors (Lipinski definition) is 2. The van der Waals surface area contributed by atoms with Crippen LogP contribution >= 0.6 is 0 Å². The second-order valence-electron chi connectivity index (χ2n) is 7.78. The maximum Gasteiger partial charge on any atom is 0.324 e. The molecule has 0 saturated carbocycles. The largest absolute Gasteiger partial charge is 0.334 e. The number of amides is 4. The number of hydrogen-bond donors (Lipinski definition) is 2. The van der Waals surface area contributed by atoms with Crippen LogP contribution in [-0.2, 0) is 6.54 Å². The molecule has 2 N–H and O–H groups in total. The molecule has 1 aliphatic rings. The molecule has 2 aromatic carbocycles. The van der Waals surface area contributed by atoms with Gasteiger partial charge in [-0.2, -0.15) is 0 Å². The zero-order valence-electron chi connectivity index (χ0n) is 17.7. The van der Waals surface area contributed by atoms with Crippen LogP contribution in [0, 0.1) is 0 Å². The summed E-state index contributed by atoms with van der Waals surface area (Å²) in [7, 11) is 0. The van der Waals surface area contributed by atoms with Gasteiger partial charge in [-0.25, -0.2) is 9.59 Å². The highest BCUT2D eigenvalue weighted by atomic mass is 16.2. The average Bonchev–Trinajstić information content (AvgIpc) is 2.74. The van der Waals surface area contributed by atoms with Crippen molar-refractivity contribution in [3.05, 3.63) is 72.3 Å². The molecule has 1 aliphatic heterocycles. The first-order chi connectivity index (χ1) is 14.5. The fourth-order valence-electron chi connectivity index (χ4n) is 3.49. The number of benzene rings is 2. The standard InChI is InChI=1S/C24H30N4O2/c1-4-13-25-23(29)26-21-7-5-8-22(16-21)28-15-6-14-27(24(28)30)17-19-9-11-20(12-10-19)18(2)3/h4-5,7-12,16,18H,1,6,13-15,17H2,2-3H3,(H2,25,26,29). The summed E-state index contributed by atoms with van der Waals surface area (Å²) in [6.07, 6.45) is 2.51. The van der Waals surface area contributed by atoms with Crippen LogP contribution < -0.4 is 15.5 Å². The number of rotatable bonds is 7. The topological polar surface area (TPSA) is 64.7 Å². The quantitative estimate of drug-likeness (QED) is 0.639. The molecule has 0 aromatic heterocycles. The maximum absolute atomic E-state index is 13.1. The number of urea groups is 2. The summed E-state index contributed by atoms with van der Waals surface area (Å²) in [4.78, 5) is 28.7. The second kappa shape index (κ2) is 9.96. The van der Waals surface area contributed by atoms with Crippen molar-refractivity contribution in [2.45, 2.75) is 32.7 Å². The Morgan fingerprint density at radius 1 is 1.17 bits per heavy atom. The average molecular weight is 407 g/mol. The Bertz CT molecular complexity index is 892. The zero-order valence-corrected chi connectivity index (χ0v) is 17.7. The van der Waals surface area contributed by atoms with Crippen LogP contribution in [0.2, 0.25) is 0 Å². The van der Waals surface area contributed by atoms with E-state index in [4.69, 9.17) is 0 Å². The lowest BCUT2D eigenvalue weighted by atomic mass is 10.0. The number of carbonyl (C=O) groups excluding carboxylic acids is 2. The summed E-state index contributed by atoms with van der Waals surface area (Å²) in [5.74, 6) is 0.492. The predicted molar refractivity (Wildman–Crippen MR) is 122 cm³/mol. The van der Waals surface area contributed by atoms with Crippen LogP contribution in [0.5, 0.6) is 0 Å². The van der Waals surface area contributed by atoms with Crippen molar-refractivity contribution < 1.29 is 9.59 Å². The smallest absolute Gasteiger partial charge is 0.324 e. The van der Waals surface area contributed by atoms with Gasteiger partial charge in [0.15, 0.2) is 0 Å². The summed E-state index contributed by atoms with van der Waals surface area (Å²) in [6.45, 7) is 10.3. The molecule has 1 saturated heterocycles. The van der Waals surface area contributed by atoms with Crippen LogP contribution in [0.25, 0.3) is 0 Å². The third-order valence-electron chi connectivity index (χ3n) is 5.15. The van der Waals surface area contributed by atoms with Gasteiger partial charge in [0.1, 0.15) is 0 Å². The molecule has 0 radical (unpaired) electrons. The minimum atomic E-state index is -0.302. The summed E-state index contributed by atoms with van der Waals surface area (Å²) in [5.41, 5.74) is 3.85. The van der Waals surface area contributed by atoms with Crippen molar-refractivity contribution in [2.75, 3.05) is 29.9 Å². The van der Waals surface area contributed by atoms with Gasteiger partial charge in [-0.1, -0.05) is 50.3 Å². The number of nitrogens with one attached hydrogen (secondary N) is 2. The van der Waals surface area contributed by atoms with Crippen molar-refractivity contribution in [3.63, 3.8) is 0 Å². The van der Waals surface area contributed by atoms with Crippen molar-refractivity contribution in [1.29, 1.82) is 0 Å². The summed E-state index contributed by atoms with van der Waals surface area (Å²) in [6, 6.07) is 15.5. The van der Waals surface area contributed by atoms with E-state index in [2.05, 4.69) is 55.3 Å². The van der Waals surface area contributed by atoms with E-state index in [0.29, 0.717) is 31.2 Å². The van der Waals surface area contributed by atoms with Crippen LogP contribution in [0.1, 0.15) is 37.3 Å². The fraction of sp³-hybridized carbons (Fsp3) is 0.333. The molecule has 1 fully saturated rings. The second-order valence-corrected chi connectivity index (χ2v) is 7.78. The number of nitrogens with zero attached hydrogens (tertiary/aromatic N) is 2. The minimum absolute atomic E-state index is 0.0116. The first kappa shape index (κ1) is 21.4. The molecule has 2 aromatic rings. The molecule has 1 heterocycles. The molecular formula is C24H30N4O2. The van der Waals surface area contributed by atoms with E-state index in [1.165, 1.54) is 5.56 Å². The molecule has 30 heavy (non-hydrogen) atoms. The Kier molecular flexibility index (Phi) is 7.12. The maximum atomic E-state index is 13.1.